The summed E-state index contributed by atoms with van der Waals surface area (Å²) in [6.07, 6.45) is 4.17. The first-order valence-electron chi connectivity index (χ1n) is 7.03. The fourth-order valence-electron chi connectivity index (χ4n) is 2.70. The lowest BCUT2D eigenvalue weighted by atomic mass is 10.0. The van der Waals surface area contributed by atoms with Crippen LogP contribution < -0.4 is 0 Å². The molecule has 5 nitrogen and oxygen atoms in total. The van der Waals surface area contributed by atoms with Gasteiger partial charge in [-0.2, -0.15) is 0 Å². The third-order valence-corrected chi connectivity index (χ3v) is 4.48. The maximum absolute atomic E-state index is 12.3. The summed E-state index contributed by atoms with van der Waals surface area (Å²) < 4.78 is 6.81. The highest BCUT2D eigenvalue weighted by molar-refractivity contribution is 7.97. The van der Waals surface area contributed by atoms with Crippen LogP contribution in [0.4, 0.5) is 0 Å². The number of fused-ring (bicyclic) bond motifs is 1. The smallest absolute Gasteiger partial charge is 0.340 e. The number of esters is 1. The van der Waals surface area contributed by atoms with E-state index in [-0.39, 0.29) is 0 Å². The summed E-state index contributed by atoms with van der Waals surface area (Å²) in [5.41, 5.74) is 2.44. The largest absolute Gasteiger partial charge is 0.465 e. The molecule has 2 heterocycles. The van der Waals surface area contributed by atoms with Crippen LogP contribution in [0.15, 0.2) is 48.8 Å². The number of methoxy groups -OCH3 is 1. The first-order chi connectivity index (χ1) is 11.2. The van der Waals surface area contributed by atoms with E-state index in [1.165, 1.54) is 19.1 Å². The summed E-state index contributed by atoms with van der Waals surface area (Å²) in [4.78, 5) is 16.3. The van der Waals surface area contributed by atoms with Crippen molar-refractivity contribution in [3.8, 4) is 0 Å². The molecule has 3 rings (SSSR count). The summed E-state index contributed by atoms with van der Waals surface area (Å²) in [5.74, 6) is -0.461. The zero-order valence-electron chi connectivity index (χ0n) is 12.8. The van der Waals surface area contributed by atoms with Crippen molar-refractivity contribution < 1.29 is 14.6 Å². The Balaban J connectivity index is 2.32. The number of rotatable bonds is 4. The fourth-order valence-corrected chi connectivity index (χ4v) is 3.44. The summed E-state index contributed by atoms with van der Waals surface area (Å²) >= 11 is 1.43. The van der Waals surface area contributed by atoms with Crippen LogP contribution >= 0.6 is 11.9 Å². The quantitative estimate of drug-likeness (QED) is 0.746. The number of para-hydroxylation sites is 1. The molecule has 1 unspecified atom stereocenters. The van der Waals surface area contributed by atoms with E-state index in [9.17, 15) is 9.90 Å². The Morgan fingerprint density at radius 1 is 1.26 bits per heavy atom. The highest BCUT2D eigenvalue weighted by Crippen LogP contribution is 2.36. The van der Waals surface area contributed by atoms with Crippen molar-refractivity contribution >= 4 is 28.8 Å². The standard InChI is InChI=1S/C17H16N2O3S/c1-22-17(21)14-12-5-3-4-6-13(12)19(23-2)15(14)16(20)11-7-9-18-10-8-11/h3-10,16,20H,1-2H3. The van der Waals surface area contributed by atoms with Crippen LogP contribution in [-0.4, -0.2) is 33.4 Å². The number of nitrogens with zero attached hydrogens (tertiary/aromatic N) is 2. The number of pyridine rings is 1. The van der Waals surface area contributed by atoms with Gasteiger partial charge in [0, 0.05) is 24.0 Å². The SMILES string of the molecule is COC(=O)c1c(C(O)c2ccncc2)n(SC)c2ccccc12. The molecule has 23 heavy (non-hydrogen) atoms. The predicted molar refractivity (Wildman–Crippen MR) is 90.5 cm³/mol. The minimum atomic E-state index is -0.952. The van der Waals surface area contributed by atoms with Gasteiger partial charge in [-0.3, -0.25) is 8.96 Å². The summed E-state index contributed by atoms with van der Waals surface area (Å²) in [6, 6.07) is 11.0. The fraction of sp³-hybridized carbons (Fsp3) is 0.176. The summed E-state index contributed by atoms with van der Waals surface area (Å²) in [6.45, 7) is 0. The molecular weight excluding hydrogens is 312 g/mol. The third kappa shape index (κ3) is 2.60. The van der Waals surface area contributed by atoms with Crippen molar-refractivity contribution in [3.05, 3.63) is 65.6 Å². The third-order valence-electron chi connectivity index (χ3n) is 3.72. The molecule has 0 bridgehead atoms. The van der Waals surface area contributed by atoms with Gasteiger partial charge in [-0.1, -0.05) is 18.2 Å². The number of benzene rings is 1. The van der Waals surface area contributed by atoms with E-state index >= 15 is 0 Å². The predicted octanol–water partition coefficient (Wildman–Crippen LogP) is 3.03. The molecule has 0 aliphatic carbocycles. The van der Waals surface area contributed by atoms with Crippen LogP contribution in [0.5, 0.6) is 0 Å². The molecule has 0 saturated carbocycles. The van der Waals surface area contributed by atoms with Gasteiger partial charge >= 0.3 is 5.97 Å². The molecule has 0 spiro atoms. The number of aliphatic hydroxyl groups is 1. The Bertz CT molecular complexity index is 846. The second-order valence-electron chi connectivity index (χ2n) is 4.93. The second-order valence-corrected chi connectivity index (χ2v) is 5.66. The molecular formula is C17H16N2O3S. The van der Waals surface area contributed by atoms with Crippen molar-refractivity contribution in [2.45, 2.75) is 6.10 Å². The molecule has 0 aliphatic heterocycles. The van der Waals surface area contributed by atoms with Gasteiger partial charge in [-0.25, -0.2) is 4.79 Å². The Morgan fingerprint density at radius 3 is 2.61 bits per heavy atom. The maximum Gasteiger partial charge on any atom is 0.340 e. The van der Waals surface area contributed by atoms with Crippen molar-refractivity contribution in [2.24, 2.45) is 0 Å². The van der Waals surface area contributed by atoms with Crippen molar-refractivity contribution in [1.29, 1.82) is 0 Å². The van der Waals surface area contributed by atoms with Gasteiger partial charge in [0.15, 0.2) is 0 Å². The van der Waals surface area contributed by atoms with Gasteiger partial charge < -0.3 is 9.84 Å². The molecule has 0 aliphatic rings. The molecule has 1 aromatic carbocycles. The molecule has 0 saturated heterocycles. The Kier molecular flexibility index (Phi) is 4.36. The number of hydrogen-bond acceptors (Lipinski definition) is 5. The number of aliphatic hydroxyl groups excluding tert-OH is 1. The van der Waals surface area contributed by atoms with Crippen LogP contribution in [-0.2, 0) is 4.74 Å². The van der Waals surface area contributed by atoms with Crippen molar-refractivity contribution in [3.63, 3.8) is 0 Å². The van der Waals surface area contributed by atoms with E-state index < -0.39 is 12.1 Å². The lowest BCUT2D eigenvalue weighted by Crippen LogP contribution is -2.11. The van der Waals surface area contributed by atoms with E-state index in [0.29, 0.717) is 16.8 Å². The normalized spacial score (nSPS) is 12.3. The number of hydrogen-bond donors (Lipinski definition) is 1. The number of aromatic nitrogens is 2. The summed E-state index contributed by atoms with van der Waals surface area (Å²) in [5, 5.41) is 11.6. The molecule has 3 aromatic rings. The minimum Gasteiger partial charge on any atom is -0.465 e. The molecule has 0 radical (unpaired) electrons. The van der Waals surface area contributed by atoms with E-state index in [0.717, 1.165) is 10.9 Å². The highest BCUT2D eigenvalue weighted by atomic mass is 32.2. The molecule has 6 heteroatoms. The molecule has 1 atom stereocenters. The van der Waals surface area contributed by atoms with Gasteiger partial charge in [0.05, 0.1) is 23.9 Å². The molecule has 118 valence electrons. The lowest BCUT2D eigenvalue weighted by molar-refractivity contribution is 0.0597. The maximum atomic E-state index is 12.3. The minimum absolute atomic E-state index is 0.391. The number of carbonyl (C=O) groups excluding carboxylic acids is 1. The Hall–Kier alpha value is -2.31. The number of carbonyl (C=O) groups is 1. The zero-order chi connectivity index (χ0) is 16.4. The molecule has 1 N–H and O–H groups in total. The van der Waals surface area contributed by atoms with Crippen LogP contribution in [0, 0.1) is 0 Å². The first kappa shape index (κ1) is 15.6. The highest BCUT2D eigenvalue weighted by Gasteiger charge is 2.28. The van der Waals surface area contributed by atoms with Gasteiger partial charge in [0.25, 0.3) is 0 Å². The average molecular weight is 328 g/mol. The number of ether oxygens (including phenoxy) is 1. The van der Waals surface area contributed by atoms with E-state index in [2.05, 4.69) is 4.98 Å². The average Bonchev–Trinajstić information content (AvgIpc) is 2.95. The Labute approximate surface area is 138 Å². The van der Waals surface area contributed by atoms with Gasteiger partial charge in [-0.05, 0) is 35.7 Å². The molecule has 0 fully saturated rings. The topological polar surface area (TPSA) is 64.3 Å². The van der Waals surface area contributed by atoms with E-state index in [4.69, 9.17) is 4.74 Å². The monoisotopic (exact) mass is 328 g/mol. The molecule has 2 aromatic heterocycles. The zero-order valence-corrected chi connectivity index (χ0v) is 13.6. The first-order valence-corrected chi connectivity index (χ1v) is 8.21. The molecule has 0 amide bonds. The van der Waals surface area contributed by atoms with E-state index in [1.54, 1.807) is 24.5 Å². The van der Waals surface area contributed by atoms with Crippen molar-refractivity contribution in [2.75, 3.05) is 13.4 Å². The van der Waals surface area contributed by atoms with E-state index in [1.807, 2.05) is 34.5 Å². The van der Waals surface area contributed by atoms with Gasteiger partial charge in [-0.15, -0.1) is 0 Å². The van der Waals surface area contributed by atoms with Crippen LogP contribution in [0.1, 0.15) is 27.7 Å². The van der Waals surface area contributed by atoms with Crippen LogP contribution in [0.3, 0.4) is 0 Å². The summed E-state index contributed by atoms with van der Waals surface area (Å²) in [7, 11) is 1.34. The van der Waals surface area contributed by atoms with Crippen LogP contribution in [0.2, 0.25) is 0 Å². The Morgan fingerprint density at radius 2 is 1.96 bits per heavy atom. The van der Waals surface area contributed by atoms with Crippen molar-refractivity contribution in [1.82, 2.24) is 8.96 Å². The van der Waals surface area contributed by atoms with Crippen LogP contribution in [0.25, 0.3) is 10.9 Å². The lowest BCUT2D eigenvalue weighted by Gasteiger charge is -2.15. The van der Waals surface area contributed by atoms with Gasteiger partial charge in [0.2, 0.25) is 0 Å². The van der Waals surface area contributed by atoms with Gasteiger partial charge in [0.1, 0.15) is 6.10 Å². The second kappa shape index (κ2) is 6.44.